The summed E-state index contributed by atoms with van der Waals surface area (Å²) in [7, 11) is 0. The van der Waals surface area contributed by atoms with Crippen molar-refractivity contribution < 1.29 is 14.3 Å². The highest BCUT2D eigenvalue weighted by Gasteiger charge is 2.24. The van der Waals surface area contributed by atoms with Crippen molar-refractivity contribution in [1.29, 1.82) is 0 Å². The van der Waals surface area contributed by atoms with Crippen LogP contribution in [-0.2, 0) is 10.4 Å². The first-order chi connectivity index (χ1) is 7.83. The first-order valence-corrected chi connectivity index (χ1v) is 5.59. The van der Waals surface area contributed by atoms with Crippen LogP contribution in [-0.4, -0.2) is 17.6 Å². The summed E-state index contributed by atoms with van der Waals surface area (Å²) in [5.41, 5.74) is -0.624. The van der Waals surface area contributed by atoms with Gasteiger partial charge in [-0.2, -0.15) is 0 Å². The van der Waals surface area contributed by atoms with Gasteiger partial charge in [-0.15, -0.1) is 0 Å². The normalized spacial score (nSPS) is 14.5. The van der Waals surface area contributed by atoms with Crippen LogP contribution in [0.5, 0.6) is 0 Å². The summed E-state index contributed by atoms with van der Waals surface area (Å²) in [6, 6.07) is 5.59. The Kier molecular flexibility index (Phi) is 4.23. The summed E-state index contributed by atoms with van der Waals surface area (Å²) in [5, 5.41) is 12.8. The number of carbonyl (C=O) groups excluding carboxylic acids is 1. The minimum atomic E-state index is -1.20. The fourth-order valence-corrected chi connectivity index (χ4v) is 1.37. The Morgan fingerprint density at radius 3 is 2.41 bits per heavy atom. The lowest BCUT2D eigenvalue weighted by molar-refractivity contribution is -0.125. The molecular weight excluding hydrogens is 221 g/mol. The summed E-state index contributed by atoms with van der Waals surface area (Å²) in [5.74, 6) is -0.595. The zero-order valence-electron chi connectivity index (χ0n) is 10.3. The number of aliphatic hydroxyl groups is 1. The van der Waals surface area contributed by atoms with Gasteiger partial charge in [-0.1, -0.05) is 26.0 Å². The van der Waals surface area contributed by atoms with Crippen LogP contribution in [0.1, 0.15) is 26.3 Å². The molecular formula is C13H18FNO2. The van der Waals surface area contributed by atoms with Gasteiger partial charge >= 0.3 is 0 Å². The predicted octanol–water partition coefficient (Wildman–Crippen LogP) is 1.81. The molecule has 0 aromatic heterocycles. The van der Waals surface area contributed by atoms with Gasteiger partial charge in [0, 0.05) is 5.92 Å². The maximum Gasteiger partial charge on any atom is 0.222 e. The van der Waals surface area contributed by atoms with Crippen LogP contribution < -0.4 is 5.32 Å². The summed E-state index contributed by atoms with van der Waals surface area (Å²) >= 11 is 0. The number of amides is 1. The van der Waals surface area contributed by atoms with E-state index in [1.807, 2.05) is 0 Å². The SMILES string of the molecule is CC(C)C(=O)NCC(C)(O)c1ccc(F)cc1. The molecule has 1 aromatic carbocycles. The van der Waals surface area contributed by atoms with Gasteiger partial charge in [-0.25, -0.2) is 4.39 Å². The molecule has 3 nitrogen and oxygen atoms in total. The molecule has 0 bridgehead atoms. The molecule has 94 valence electrons. The van der Waals surface area contributed by atoms with Crippen LogP contribution in [0.3, 0.4) is 0 Å². The van der Waals surface area contributed by atoms with Gasteiger partial charge in [0.25, 0.3) is 0 Å². The highest BCUT2D eigenvalue weighted by Crippen LogP contribution is 2.19. The Morgan fingerprint density at radius 1 is 1.41 bits per heavy atom. The molecule has 1 unspecified atom stereocenters. The van der Waals surface area contributed by atoms with Crippen LogP contribution in [0.4, 0.5) is 4.39 Å². The van der Waals surface area contributed by atoms with E-state index in [4.69, 9.17) is 0 Å². The lowest BCUT2D eigenvalue weighted by Gasteiger charge is -2.24. The molecule has 2 N–H and O–H groups in total. The average molecular weight is 239 g/mol. The van der Waals surface area contributed by atoms with Gasteiger partial charge in [0.2, 0.25) is 5.91 Å². The van der Waals surface area contributed by atoms with Crippen LogP contribution >= 0.6 is 0 Å². The summed E-state index contributed by atoms with van der Waals surface area (Å²) < 4.78 is 12.7. The van der Waals surface area contributed by atoms with Gasteiger partial charge in [0.15, 0.2) is 0 Å². The maximum absolute atomic E-state index is 12.7. The Balaban J connectivity index is 2.68. The van der Waals surface area contributed by atoms with Crippen LogP contribution in [0.25, 0.3) is 0 Å². The molecule has 0 spiro atoms. The number of benzene rings is 1. The molecule has 1 amide bonds. The number of hydrogen-bond donors (Lipinski definition) is 2. The van der Waals surface area contributed by atoms with E-state index in [2.05, 4.69) is 5.32 Å². The third-order valence-electron chi connectivity index (χ3n) is 2.60. The van der Waals surface area contributed by atoms with Crippen LogP contribution in [0, 0.1) is 11.7 Å². The molecule has 0 radical (unpaired) electrons. The van der Waals surface area contributed by atoms with Crippen molar-refractivity contribution in [2.75, 3.05) is 6.54 Å². The molecule has 4 heteroatoms. The number of nitrogens with one attached hydrogen (secondary N) is 1. The van der Waals surface area contributed by atoms with Gasteiger partial charge in [-0.05, 0) is 24.6 Å². The lowest BCUT2D eigenvalue weighted by Crippen LogP contribution is -2.40. The fraction of sp³-hybridized carbons (Fsp3) is 0.462. The Hall–Kier alpha value is -1.42. The summed E-state index contributed by atoms with van der Waals surface area (Å²) in [4.78, 5) is 11.4. The topological polar surface area (TPSA) is 49.3 Å². The van der Waals surface area contributed by atoms with Crippen molar-refractivity contribution in [1.82, 2.24) is 5.32 Å². The Labute approximate surface area is 101 Å². The molecule has 1 aromatic rings. The first kappa shape index (κ1) is 13.6. The standard InChI is InChI=1S/C13H18FNO2/c1-9(2)12(16)15-8-13(3,17)10-4-6-11(14)7-5-10/h4-7,9,17H,8H2,1-3H3,(H,15,16). The number of carbonyl (C=O) groups is 1. The number of hydrogen-bond acceptors (Lipinski definition) is 2. The van der Waals surface area contributed by atoms with E-state index in [9.17, 15) is 14.3 Å². The maximum atomic E-state index is 12.7. The predicted molar refractivity (Wildman–Crippen MR) is 63.8 cm³/mol. The smallest absolute Gasteiger partial charge is 0.222 e. The minimum Gasteiger partial charge on any atom is -0.384 e. The minimum absolute atomic E-state index is 0.107. The van der Waals surface area contributed by atoms with E-state index in [0.717, 1.165) is 0 Å². The second kappa shape index (κ2) is 5.27. The summed E-state index contributed by atoms with van der Waals surface area (Å²) in [6.07, 6.45) is 0. The van der Waals surface area contributed by atoms with Gasteiger partial charge in [0.05, 0.1) is 6.54 Å². The van der Waals surface area contributed by atoms with E-state index < -0.39 is 5.60 Å². The van der Waals surface area contributed by atoms with E-state index in [1.54, 1.807) is 20.8 Å². The molecule has 17 heavy (non-hydrogen) atoms. The van der Waals surface area contributed by atoms with Crippen LogP contribution in [0.2, 0.25) is 0 Å². The van der Waals surface area contributed by atoms with Crippen molar-refractivity contribution in [3.8, 4) is 0 Å². The van der Waals surface area contributed by atoms with E-state index in [1.165, 1.54) is 24.3 Å². The molecule has 1 rings (SSSR count). The highest BCUT2D eigenvalue weighted by molar-refractivity contribution is 5.77. The van der Waals surface area contributed by atoms with Gasteiger partial charge < -0.3 is 10.4 Å². The van der Waals surface area contributed by atoms with Crippen LogP contribution in [0.15, 0.2) is 24.3 Å². The summed E-state index contributed by atoms with van der Waals surface area (Å²) in [6.45, 7) is 5.25. The van der Waals surface area contributed by atoms with E-state index in [-0.39, 0.29) is 24.2 Å². The largest absolute Gasteiger partial charge is 0.384 e. The second-order valence-electron chi connectivity index (χ2n) is 4.65. The fourth-order valence-electron chi connectivity index (χ4n) is 1.37. The third kappa shape index (κ3) is 3.82. The average Bonchev–Trinajstić information content (AvgIpc) is 2.26. The van der Waals surface area contributed by atoms with Crippen molar-refractivity contribution in [2.45, 2.75) is 26.4 Å². The second-order valence-corrected chi connectivity index (χ2v) is 4.65. The zero-order chi connectivity index (χ0) is 13.1. The highest BCUT2D eigenvalue weighted by atomic mass is 19.1. The lowest BCUT2D eigenvalue weighted by atomic mass is 9.96. The molecule has 0 saturated carbocycles. The monoisotopic (exact) mass is 239 g/mol. The van der Waals surface area contributed by atoms with Crippen molar-refractivity contribution in [3.63, 3.8) is 0 Å². The molecule has 0 fully saturated rings. The first-order valence-electron chi connectivity index (χ1n) is 5.59. The molecule has 0 aliphatic rings. The molecule has 0 heterocycles. The van der Waals surface area contributed by atoms with Gasteiger partial charge in [0.1, 0.15) is 11.4 Å². The van der Waals surface area contributed by atoms with E-state index >= 15 is 0 Å². The molecule has 0 saturated heterocycles. The zero-order valence-corrected chi connectivity index (χ0v) is 10.3. The third-order valence-corrected chi connectivity index (χ3v) is 2.60. The molecule has 0 aliphatic heterocycles. The van der Waals surface area contributed by atoms with E-state index in [0.29, 0.717) is 5.56 Å². The Bertz CT molecular complexity index is 385. The molecule has 0 aliphatic carbocycles. The number of rotatable bonds is 4. The van der Waals surface area contributed by atoms with Gasteiger partial charge in [-0.3, -0.25) is 4.79 Å². The van der Waals surface area contributed by atoms with Crippen molar-refractivity contribution in [2.24, 2.45) is 5.92 Å². The number of halogens is 1. The quantitative estimate of drug-likeness (QED) is 0.841. The molecule has 1 atom stereocenters. The van der Waals surface area contributed by atoms with Crippen molar-refractivity contribution in [3.05, 3.63) is 35.6 Å². The van der Waals surface area contributed by atoms with Crippen molar-refractivity contribution >= 4 is 5.91 Å². The Morgan fingerprint density at radius 2 is 1.94 bits per heavy atom.